The molecular weight excluding hydrogens is 205 g/mol. The summed E-state index contributed by atoms with van der Waals surface area (Å²) in [6.45, 7) is 1.73. The van der Waals surface area contributed by atoms with E-state index in [0.717, 1.165) is 5.76 Å². The third kappa shape index (κ3) is 2.14. The van der Waals surface area contributed by atoms with Gasteiger partial charge in [-0.1, -0.05) is 18.2 Å². The van der Waals surface area contributed by atoms with Crippen LogP contribution in [0.25, 0.3) is 0 Å². The fourth-order valence-corrected chi connectivity index (χ4v) is 1.71. The van der Waals surface area contributed by atoms with Crippen LogP contribution in [0.3, 0.4) is 0 Å². The predicted octanol–water partition coefficient (Wildman–Crippen LogP) is 2.97. The van der Waals surface area contributed by atoms with Crippen molar-refractivity contribution in [1.29, 1.82) is 0 Å². The number of halogens is 1. The van der Waals surface area contributed by atoms with Crippen molar-refractivity contribution in [3.8, 4) is 0 Å². The van der Waals surface area contributed by atoms with Gasteiger partial charge in [0.2, 0.25) is 0 Å². The summed E-state index contributed by atoms with van der Waals surface area (Å²) < 4.78 is 19.0. The first-order valence-corrected chi connectivity index (χ1v) is 5.21. The van der Waals surface area contributed by atoms with E-state index in [0.29, 0.717) is 17.5 Å². The summed E-state index contributed by atoms with van der Waals surface area (Å²) in [7, 11) is 0. The normalized spacial score (nSPS) is 12.7. The molecule has 0 saturated heterocycles. The maximum Gasteiger partial charge on any atom is 0.130 e. The van der Waals surface area contributed by atoms with Crippen LogP contribution in [0.4, 0.5) is 4.39 Å². The molecule has 0 spiro atoms. The largest absolute Gasteiger partial charge is 0.469 e. The molecule has 84 valence electrons. The van der Waals surface area contributed by atoms with E-state index in [1.54, 1.807) is 31.4 Å². The topological polar surface area (TPSA) is 39.2 Å². The molecule has 2 aromatic rings. The van der Waals surface area contributed by atoms with Gasteiger partial charge in [-0.2, -0.15) is 0 Å². The average Bonchev–Trinajstić information content (AvgIpc) is 2.74. The van der Waals surface area contributed by atoms with E-state index >= 15 is 0 Å². The molecule has 2 nitrogen and oxygen atoms in total. The van der Waals surface area contributed by atoms with E-state index in [2.05, 4.69) is 0 Å². The number of aryl methyl sites for hydroxylation is 1. The number of rotatable bonds is 3. The van der Waals surface area contributed by atoms with Gasteiger partial charge in [-0.3, -0.25) is 0 Å². The highest BCUT2D eigenvalue weighted by atomic mass is 19.1. The Kier molecular flexibility index (Phi) is 3.06. The fraction of sp³-hybridized carbons (Fsp3) is 0.231. The van der Waals surface area contributed by atoms with Crippen LogP contribution in [0.2, 0.25) is 0 Å². The van der Waals surface area contributed by atoms with Crippen molar-refractivity contribution in [3.05, 3.63) is 59.3 Å². The molecule has 0 saturated carbocycles. The monoisotopic (exact) mass is 219 g/mol. The zero-order chi connectivity index (χ0) is 11.5. The molecule has 1 heterocycles. The van der Waals surface area contributed by atoms with Crippen LogP contribution in [0.15, 0.2) is 41.0 Å². The van der Waals surface area contributed by atoms with Crippen molar-refractivity contribution in [2.24, 2.45) is 5.73 Å². The molecule has 0 aliphatic carbocycles. The second-order valence-electron chi connectivity index (χ2n) is 3.87. The molecule has 3 heteroatoms. The summed E-state index contributed by atoms with van der Waals surface area (Å²) in [5.74, 6) is 0.551. The lowest BCUT2D eigenvalue weighted by Gasteiger charge is -2.12. The van der Waals surface area contributed by atoms with E-state index in [9.17, 15) is 4.39 Å². The summed E-state index contributed by atoms with van der Waals surface area (Å²) in [6.07, 6.45) is 2.10. The number of hydrogen-bond acceptors (Lipinski definition) is 2. The standard InChI is InChI=1S/C13H14FNO/c1-9-4-2-6-11(13(9)14)12(15)8-10-5-3-7-16-10/h2-7,12H,8,15H2,1H3. The Morgan fingerprint density at radius 3 is 2.81 bits per heavy atom. The lowest BCUT2D eigenvalue weighted by Crippen LogP contribution is -2.15. The molecule has 1 aromatic heterocycles. The predicted molar refractivity (Wildman–Crippen MR) is 60.5 cm³/mol. The van der Waals surface area contributed by atoms with Gasteiger partial charge >= 0.3 is 0 Å². The highest BCUT2D eigenvalue weighted by Gasteiger charge is 2.14. The molecule has 0 aliphatic rings. The quantitative estimate of drug-likeness (QED) is 0.861. The lowest BCUT2D eigenvalue weighted by atomic mass is 10.0. The van der Waals surface area contributed by atoms with E-state index < -0.39 is 0 Å². The van der Waals surface area contributed by atoms with Crippen LogP contribution in [0, 0.1) is 12.7 Å². The Labute approximate surface area is 93.9 Å². The van der Waals surface area contributed by atoms with Gasteiger partial charge in [-0.25, -0.2) is 4.39 Å². The van der Waals surface area contributed by atoms with Crippen LogP contribution in [0.1, 0.15) is 22.9 Å². The first-order chi connectivity index (χ1) is 7.68. The third-order valence-electron chi connectivity index (χ3n) is 2.62. The smallest absolute Gasteiger partial charge is 0.130 e. The minimum absolute atomic E-state index is 0.221. The number of furan rings is 1. The van der Waals surface area contributed by atoms with Crippen molar-refractivity contribution in [2.45, 2.75) is 19.4 Å². The molecular formula is C13H14FNO. The zero-order valence-electron chi connectivity index (χ0n) is 9.11. The molecule has 2 N–H and O–H groups in total. The molecule has 2 rings (SSSR count). The number of benzene rings is 1. The molecule has 0 fully saturated rings. The maximum absolute atomic E-state index is 13.8. The van der Waals surface area contributed by atoms with Crippen molar-refractivity contribution >= 4 is 0 Å². The third-order valence-corrected chi connectivity index (χ3v) is 2.62. The van der Waals surface area contributed by atoms with Gasteiger partial charge in [0.15, 0.2) is 0 Å². The number of hydrogen-bond donors (Lipinski definition) is 1. The Bertz CT molecular complexity index is 465. The summed E-state index contributed by atoms with van der Waals surface area (Å²) in [5, 5.41) is 0. The minimum atomic E-state index is -0.369. The highest BCUT2D eigenvalue weighted by molar-refractivity contribution is 5.28. The molecule has 1 unspecified atom stereocenters. The Hall–Kier alpha value is -1.61. The van der Waals surface area contributed by atoms with Crippen LogP contribution in [-0.2, 0) is 6.42 Å². The Balaban J connectivity index is 2.21. The number of nitrogens with two attached hydrogens (primary N) is 1. The minimum Gasteiger partial charge on any atom is -0.469 e. The second kappa shape index (κ2) is 4.49. The van der Waals surface area contributed by atoms with Crippen LogP contribution in [0.5, 0.6) is 0 Å². The van der Waals surface area contributed by atoms with Crippen molar-refractivity contribution in [3.63, 3.8) is 0 Å². The van der Waals surface area contributed by atoms with Crippen molar-refractivity contribution in [2.75, 3.05) is 0 Å². The van der Waals surface area contributed by atoms with E-state index in [1.165, 1.54) is 0 Å². The van der Waals surface area contributed by atoms with E-state index in [-0.39, 0.29) is 11.9 Å². The summed E-state index contributed by atoms with van der Waals surface area (Å²) >= 11 is 0. The average molecular weight is 219 g/mol. The van der Waals surface area contributed by atoms with E-state index in [1.807, 2.05) is 12.1 Å². The molecule has 1 aromatic carbocycles. The van der Waals surface area contributed by atoms with Gasteiger partial charge in [0, 0.05) is 18.0 Å². The van der Waals surface area contributed by atoms with Crippen molar-refractivity contribution < 1.29 is 8.81 Å². The van der Waals surface area contributed by atoms with E-state index in [4.69, 9.17) is 10.2 Å². The van der Waals surface area contributed by atoms with Crippen LogP contribution < -0.4 is 5.73 Å². The van der Waals surface area contributed by atoms with Crippen molar-refractivity contribution in [1.82, 2.24) is 0 Å². The molecule has 1 atom stereocenters. The maximum atomic E-state index is 13.8. The first-order valence-electron chi connectivity index (χ1n) is 5.21. The summed E-state index contributed by atoms with van der Waals surface area (Å²) in [5.41, 5.74) is 7.11. The van der Waals surface area contributed by atoms with Gasteiger partial charge in [-0.05, 0) is 24.6 Å². The van der Waals surface area contributed by atoms with Gasteiger partial charge < -0.3 is 10.2 Å². The van der Waals surface area contributed by atoms with Crippen LogP contribution in [-0.4, -0.2) is 0 Å². The molecule has 0 aliphatic heterocycles. The van der Waals surface area contributed by atoms with Crippen LogP contribution >= 0.6 is 0 Å². The lowest BCUT2D eigenvalue weighted by molar-refractivity contribution is 0.481. The molecule has 0 bridgehead atoms. The second-order valence-corrected chi connectivity index (χ2v) is 3.87. The summed E-state index contributed by atoms with van der Waals surface area (Å²) in [4.78, 5) is 0. The highest BCUT2D eigenvalue weighted by Crippen LogP contribution is 2.21. The SMILES string of the molecule is Cc1cccc(C(N)Cc2ccco2)c1F. The Morgan fingerprint density at radius 2 is 2.12 bits per heavy atom. The first kappa shape index (κ1) is 10.9. The van der Waals surface area contributed by atoms with Gasteiger partial charge in [0.25, 0.3) is 0 Å². The summed E-state index contributed by atoms with van der Waals surface area (Å²) in [6, 6.07) is 8.54. The zero-order valence-corrected chi connectivity index (χ0v) is 9.11. The molecule has 16 heavy (non-hydrogen) atoms. The van der Waals surface area contributed by atoms with Gasteiger partial charge in [-0.15, -0.1) is 0 Å². The van der Waals surface area contributed by atoms with Gasteiger partial charge in [0.05, 0.1) is 6.26 Å². The fourth-order valence-electron chi connectivity index (χ4n) is 1.71. The molecule has 0 radical (unpaired) electrons. The van der Waals surface area contributed by atoms with Gasteiger partial charge in [0.1, 0.15) is 11.6 Å². The molecule has 0 amide bonds. The Morgan fingerprint density at radius 1 is 1.31 bits per heavy atom.